The Hall–Kier alpha value is -2.28. The molecule has 0 fully saturated rings. The molecule has 28 heavy (non-hydrogen) atoms. The summed E-state index contributed by atoms with van der Waals surface area (Å²) in [4.78, 5) is 26.1. The highest BCUT2D eigenvalue weighted by Gasteiger charge is 2.14. The van der Waals surface area contributed by atoms with Crippen molar-refractivity contribution in [1.82, 2.24) is 10.2 Å². The molecule has 0 aliphatic carbocycles. The number of anilines is 1. The zero-order chi connectivity index (χ0) is 20.5. The monoisotopic (exact) mass is 423 g/mol. The Labute approximate surface area is 174 Å². The van der Waals surface area contributed by atoms with Crippen molar-refractivity contribution in [2.75, 3.05) is 32.6 Å². The van der Waals surface area contributed by atoms with Gasteiger partial charge in [0.2, 0.25) is 0 Å². The van der Waals surface area contributed by atoms with Gasteiger partial charge in [0.15, 0.2) is 0 Å². The van der Waals surface area contributed by atoms with E-state index in [4.69, 9.17) is 27.9 Å². The Bertz CT molecular complexity index is 811. The summed E-state index contributed by atoms with van der Waals surface area (Å²) < 4.78 is 5.63. The smallest absolute Gasteiger partial charge is 0.313 e. The first-order chi connectivity index (χ1) is 13.3. The average Bonchev–Trinajstić information content (AvgIpc) is 2.65. The maximum absolute atomic E-state index is 12.0. The fourth-order valence-corrected chi connectivity index (χ4v) is 2.79. The standard InChI is InChI=1S/C20H23Cl2N3O3/c1-25(2)10-3-11-28-17-8-6-16(7-9-17)24-20(27)19(26)23-13-14-4-5-15(21)12-18(14)22/h4-9,12H,3,10-11,13H2,1-2H3,(H,23,26)(H,24,27). The van der Waals surface area contributed by atoms with Crippen molar-refractivity contribution < 1.29 is 14.3 Å². The molecule has 0 heterocycles. The number of halogens is 2. The summed E-state index contributed by atoms with van der Waals surface area (Å²) >= 11 is 11.9. The van der Waals surface area contributed by atoms with Gasteiger partial charge in [-0.2, -0.15) is 0 Å². The van der Waals surface area contributed by atoms with Gasteiger partial charge in [0.25, 0.3) is 0 Å². The van der Waals surface area contributed by atoms with Gasteiger partial charge in [-0.25, -0.2) is 0 Å². The minimum atomic E-state index is -0.760. The van der Waals surface area contributed by atoms with E-state index >= 15 is 0 Å². The van der Waals surface area contributed by atoms with E-state index in [1.54, 1.807) is 42.5 Å². The highest BCUT2D eigenvalue weighted by atomic mass is 35.5. The summed E-state index contributed by atoms with van der Waals surface area (Å²) in [7, 11) is 4.02. The SMILES string of the molecule is CN(C)CCCOc1ccc(NC(=O)C(=O)NCc2ccc(Cl)cc2Cl)cc1. The lowest BCUT2D eigenvalue weighted by molar-refractivity contribution is -0.136. The molecule has 2 N–H and O–H groups in total. The zero-order valence-corrected chi connectivity index (χ0v) is 17.3. The first-order valence-electron chi connectivity index (χ1n) is 8.76. The number of carbonyl (C=O) groups is 2. The predicted octanol–water partition coefficient (Wildman–Crippen LogP) is 3.58. The number of rotatable bonds is 8. The number of nitrogens with zero attached hydrogens (tertiary/aromatic N) is 1. The molecule has 0 saturated carbocycles. The topological polar surface area (TPSA) is 70.7 Å². The molecular weight excluding hydrogens is 401 g/mol. The van der Waals surface area contributed by atoms with Crippen LogP contribution in [0.4, 0.5) is 5.69 Å². The number of hydrogen-bond acceptors (Lipinski definition) is 4. The molecule has 0 atom stereocenters. The third-order valence-electron chi connectivity index (χ3n) is 3.79. The largest absolute Gasteiger partial charge is 0.494 e. The minimum absolute atomic E-state index is 0.127. The van der Waals surface area contributed by atoms with Crippen LogP contribution in [0, 0.1) is 0 Å². The minimum Gasteiger partial charge on any atom is -0.494 e. The molecule has 0 aliphatic heterocycles. The van der Waals surface area contributed by atoms with E-state index in [1.807, 2.05) is 14.1 Å². The fraction of sp³-hybridized carbons (Fsp3) is 0.300. The molecule has 8 heteroatoms. The van der Waals surface area contributed by atoms with Gasteiger partial charge in [-0.05, 0) is 62.5 Å². The average molecular weight is 424 g/mol. The lowest BCUT2D eigenvalue weighted by Gasteiger charge is -2.11. The Morgan fingerprint density at radius 1 is 1.04 bits per heavy atom. The van der Waals surface area contributed by atoms with E-state index in [0.29, 0.717) is 33.7 Å². The number of carbonyl (C=O) groups excluding carboxylic acids is 2. The molecule has 0 saturated heterocycles. The van der Waals surface area contributed by atoms with Gasteiger partial charge in [-0.1, -0.05) is 29.3 Å². The molecule has 2 amide bonds. The number of nitrogens with one attached hydrogen (secondary N) is 2. The molecule has 2 aromatic rings. The highest BCUT2D eigenvalue weighted by molar-refractivity contribution is 6.39. The molecular formula is C20H23Cl2N3O3. The summed E-state index contributed by atoms with van der Waals surface area (Å²) in [6.07, 6.45) is 0.920. The molecule has 0 spiro atoms. The van der Waals surface area contributed by atoms with Crippen molar-refractivity contribution in [2.24, 2.45) is 0 Å². The van der Waals surface area contributed by atoms with Crippen LogP contribution >= 0.6 is 23.2 Å². The Kier molecular flexibility index (Phi) is 8.57. The van der Waals surface area contributed by atoms with Gasteiger partial charge in [0.1, 0.15) is 5.75 Å². The summed E-state index contributed by atoms with van der Waals surface area (Å²) in [5.74, 6) is -0.807. The second-order valence-corrected chi connectivity index (χ2v) is 7.25. The molecule has 0 aromatic heterocycles. The maximum Gasteiger partial charge on any atom is 0.313 e. The second-order valence-electron chi connectivity index (χ2n) is 6.40. The van der Waals surface area contributed by atoms with Crippen molar-refractivity contribution >= 4 is 40.7 Å². The lowest BCUT2D eigenvalue weighted by atomic mass is 10.2. The number of benzene rings is 2. The van der Waals surface area contributed by atoms with Crippen molar-refractivity contribution in [3.63, 3.8) is 0 Å². The van der Waals surface area contributed by atoms with Crippen LogP contribution in [0.15, 0.2) is 42.5 Å². The van der Waals surface area contributed by atoms with Crippen LogP contribution in [0.5, 0.6) is 5.75 Å². The van der Waals surface area contributed by atoms with Gasteiger partial charge in [0.05, 0.1) is 6.61 Å². The summed E-state index contributed by atoms with van der Waals surface area (Å²) in [5, 5.41) is 6.00. The van der Waals surface area contributed by atoms with E-state index in [-0.39, 0.29) is 6.54 Å². The number of amides is 2. The molecule has 6 nitrogen and oxygen atoms in total. The normalized spacial score (nSPS) is 10.6. The van der Waals surface area contributed by atoms with Crippen LogP contribution in [0.3, 0.4) is 0 Å². The van der Waals surface area contributed by atoms with Gasteiger partial charge < -0.3 is 20.3 Å². The van der Waals surface area contributed by atoms with E-state index in [0.717, 1.165) is 13.0 Å². The Morgan fingerprint density at radius 3 is 2.39 bits per heavy atom. The summed E-state index contributed by atoms with van der Waals surface area (Å²) in [6.45, 7) is 1.69. The second kappa shape index (κ2) is 10.9. The molecule has 150 valence electrons. The fourth-order valence-electron chi connectivity index (χ4n) is 2.31. The summed E-state index contributed by atoms with van der Waals surface area (Å²) in [6, 6.07) is 11.8. The van der Waals surface area contributed by atoms with Crippen LogP contribution in [-0.2, 0) is 16.1 Å². The van der Waals surface area contributed by atoms with Crippen molar-refractivity contribution in [3.05, 3.63) is 58.1 Å². The molecule has 0 radical (unpaired) electrons. The highest BCUT2D eigenvalue weighted by Crippen LogP contribution is 2.20. The lowest BCUT2D eigenvalue weighted by Crippen LogP contribution is -2.35. The van der Waals surface area contributed by atoms with E-state index in [2.05, 4.69) is 15.5 Å². The zero-order valence-electron chi connectivity index (χ0n) is 15.8. The van der Waals surface area contributed by atoms with E-state index in [1.165, 1.54) is 0 Å². The molecule has 0 aliphatic rings. The van der Waals surface area contributed by atoms with Crippen molar-refractivity contribution in [2.45, 2.75) is 13.0 Å². The first-order valence-corrected chi connectivity index (χ1v) is 9.51. The molecule has 0 unspecified atom stereocenters. The van der Waals surface area contributed by atoms with Crippen LogP contribution in [0.2, 0.25) is 10.0 Å². The van der Waals surface area contributed by atoms with Crippen LogP contribution in [0.25, 0.3) is 0 Å². The molecule has 2 rings (SSSR count). The van der Waals surface area contributed by atoms with Gasteiger partial charge in [-0.3, -0.25) is 9.59 Å². The Morgan fingerprint density at radius 2 is 1.75 bits per heavy atom. The third kappa shape index (κ3) is 7.38. The first kappa shape index (κ1) is 22.0. The van der Waals surface area contributed by atoms with Crippen LogP contribution in [0.1, 0.15) is 12.0 Å². The van der Waals surface area contributed by atoms with Crippen molar-refractivity contribution in [3.8, 4) is 5.75 Å². The van der Waals surface area contributed by atoms with Crippen LogP contribution < -0.4 is 15.4 Å². The van der Waals surface area contributed by atoms with E-state index in [9.17, 15) is 9.59 Å². The number of hydrogen-bond donors (Lipinski definition) is 2. The Balaban J connectivity index is 1.79. The van der Waals surface area contributed by atoms with E-state index < -0.39 is 11.8 Å². The molecule has 0 bridgehead atoms. The van der Waals surface area contributed by atoms with Crippen molar-refractivity contribution in [1.29, 1.82) is 0 Å². The quantitative estimate of drug-likeness (QED) is 0.502. The van der Waals surface area contributed by atoms with Gasteiger partial charge >= 0.3 is 11.8 Å². The molecule has 2 aromatic carbocycles. The van der Waals surface area contributed by atoms with Gasteiger partial charge in [-0.15, -0.1) is 0 Å². The van der Waals surface area contributed by atoms with Crippen LogP contribution in [-0.4, -0.2) is 44.0 Å². The van der Waals surface area contributed by atoms with Gasteiger partial charge in [0, 0.05) is 28.8 Å². The maximum atomic E-state index is 12.0. The predicted molar refractivity (Wildman–Crippen MR) is 112 cm³/mol. The third-order valence-corrected chi connectivity index (χ3v) is 4.38. The number of ether oxygens (including phenoxy) is 1. The summed E-state index contributed by atoms with van der Waals surface area (Å²) in [5.41, 5.74) is 1.17.